The molecule has 7 aromatic heterocycles. The Kier molecular flexibility index (Phi) is 19.0. The number of rotatable bonds is 14. The molecule has 0 bridgehead atoms. The summed E-state index contributed by atoms with van der Waals surface area (Å²) in [5.74, 6) is 0.592. The van der Waals surface area contributed by atoms with Crippen molar-refractivity contribution < 1.29 is 9.59 Å². The van der Waals surface area contributed by atoms with E-state index in [0.717, 1.165) is 147 Å². The van der Waals surface area contributed by atoms with E-state index in [9.17, 15) is 9.59 Å². The number of thioether (sulfide) groups is 1. The molecule has 2 aliphatic heterocycles. The monoisotopic (exact) mass is 1330 g/mol. The number of carbonyl (C=O) groups is 2. The van der Waals surface area contributed by atoms with Gasteiger partial charge < -0.3 is 11.1 Å². The molecule has 14 aromatic rings. The van der Waals surface area contributed by atoms with Gasteiger partial charge in [0.25, 0.3) is 5.91 Å². The van der Waals surface area contributed by atoms with Crippen LogP contribution in [0.3, 0.4) is 0 Å². The number of tetrazole rings is 2. The zero-order chi connectivity index (χ0) is 67.1. The van der Waals surface area contributed by atoms with E-state index in [-0.39, 0.29) is 16.7 Å². The van der Waals surface area contributed by atoms with Gasteiger partial charge in [-0.05, 0) is 228 Å². The lowest BCUT2D eigenvalue weighted by Gasteiger charge is -2.28. The number of para-hydroxylation sites is 5. The zero-order valence-corrected chi connectivity index (χ0v) is 56.0. The van der Waals surface area contributed by atoms with Crippen LogP contribution in [0, 0.1) is 27.7 Å². The zero-order valence-electron chi connectivity index (χ0n) is 54.4. The van der Waals surface area contributed by atoms with E-state index in [0.29, 0.717) is 39.8 Å². The highest BCUT2D eigenvalue weighted by Crippen LogP contribution is 2.33. The molecule has 16 rings (SSSR count). The number of nitrogens with zero attached hydrogens (tertiary/aromatic N) is 17. The van der Waals surface area contributed by atoms with E-state index < -0.39 is 0 Å². The predicted octanol–water partition coefficient (Wildman–Crippen LogP) is 12.8. The van der Waals surface area contributed by atoms with E-state index in [2.05, 4.69) is 124 Å². The number of thiazole rings is 1. The standard InChI is InChI=1S/C34H31N9O.C25H27N7.C16H9N3OS2/c1-22-17-28(31(18-23(22)2)38-34(44)32-20-36-29-5-3-4-6-30(29)37-32)33-39-41-43(40-33)27-9-7-24(8-10-27)12-15-42-16-13-25-19-35-14-11-26(25)21-42;1-17-13-23(24(26)14-18(17)2)25-28-30-32(29-25)22-5-3-19(4-6-22)8-11-31-12-9-20-15-27-10-7-21(20)16-31;20-15(13-9-17-10-5-1-2-6-11(10)18-13)22-16-19-12-7-3-4-8-14(12)21-16/h3-11,14,17-20H,12-13,15-16,21H2,1-2H3,(H,38,44);3-7,10,13-15H,8-9,11-12,16,26H2,1-2H3;1-9H. The fourth-order valence-electron chi connectivity index (χ4n) is 11.8. The van der Waals surface area contributed by atoms with E-state index >= 15 is 0 Å². The Morgan fingerprint density at radius 3 is 1.58 bits per heavy atom. The van der Waals surface area contributed by atoms with Crippen molar-refractivity contribution in [1.29, 1.82) is 0 Å². The Hall–Kier alpha value is -11.2. The quantitative estimate of drug-likeness (QED) is 0.0757. The molecular weight excluding hydrogens is 1260 g/mol. The topological polar surface area (TPSA) is 256 Å². The molecule has 0 unspecified atom stereocenters. The maximum absolute atomic E-state index is 13.2. The first-order valence-corrected chi connectivity index (χ1v) is 33.9. The Bertz CT molecular complexity index is 5200. The third-order valence-corrected chi connectivity index (χ3v) is 19.6. The molecule has 0 aliphatic carbocycles. The number of aromatic nitrogens is 15. The molecule has 486 valence electrons. The van der Waals surface area contributed by atoms with Crippen LogP contribution in [-0.2, 0) is 38.8 Å². The van der Waals surface area contributed by atoms with Crippen molar-refractivity contribution >= 4 is 77.8 Å². The summed E-state index contributed by atoms with van der Waals surface area (Å²) in [7, 11) is 0. The molecule has 23 heteroatoms. The molecule has 0 atom stereocenters. The number of amides is 1. The van der Waals surface area contributed by atoms with Crippen LogP contribution in [-0.4, -0.2) is 122 Å². The Labute approximate surface area is 573 Å². The Balaban J connectivity index is 0.000000133. The number of nitrogens with one attached hydrogen (secondary N) is 1. The molecule has 9 heterocycles. The lowest BCUT2D eigenvalue weighted by molar-refractivity contribution is 0.102. The highest BCUT2D eigenvalue weighted by Gasteiger charge is 2.22. The second-order valence-corrected chi connectivity index (χ2v) is 26.5. The van der Waals surface area contributed by atoms with Crippen LogP contribution in [0.2, 0.25) is 0 Å². The maximum Gasteiger partial charge on any atom is 0.275 e. The minimum absolute atomic E-state index is 0.141. The van der Waals surface area contributed by atoms with Gasteiger partial charge in [0.1, 0.15) is 11.4 Å². The first-order valence-electron chi connectivity index (χ1n) is 32.2. The van der Waals surface area contributed by atoms with Crippen LogP contribution in [0.1, 0.15) is 76.6 Å². The van der Waals surface area contributed by atoms with E-state index in [1.807, 2.05) is 167 Å². The van der Waals surface area contributed by atoms with E-state index in [1.54, 1.807) is 4.80 Å². The average molecular weight is 1330 g/mol. The molecule has 98 heavy (non-hydrogen) atoms. The predicted molar refractivity (Wildman–Crippen MR) is 383 cm³/mol. The van der Waals surface area contributed by atoms with Gasteiger partial charge in [-0.25, -0.2) is 15.0 Å². The first-order chi connectivity index (χ1) is 47.9. The van der Waals surface area contributed by atoms with Crippen molar-refractivity contribution in [3.8, 4) is 34.2 Å². The number of pyridine rings is 2. The van der Waals surface area contributed by atoms with Crippen LogP contribution in [0.15, 0.2) is 199 Å². The first kappa shape index (κ1) is 64.1. The summed E-state index contributed by atoms with van der Waals surface area (Å²) in [6, 6.07) is 51.6. The molecule has 0 spiro atoms. The fourth-order valence-corrected chi connectivity index (χ4v) is 13.6. The summed E-state index contributed by atoms with van der Waals surface area (Å²) in [6.07, 6.45) is 14.9. The fraction of sp³-hybridized carbons (Fsp3) is 0.187. The van der Waals surface area contributed by atoms with Crippen molar-refractivity contribution in [3.05, 3.63) is 262 Å². The number of hydrogen-bond donors (Lipinski definition) is 2. The lowest BCUT2D eigenvalue weighted by Crippen LogP contribution is -2.32. The van der Waals surface area contributed by atoms with Crippen LogP contribution < -0.4 is 11.1 Å². The minimum atomic E-state index is -0.360. The molecule has 3 N–H and O–H groups in total. The largest absolute Gasteiger partial charge is 0.398 e. The Morgan fingerprint density at radius 2 is 1.01 bits per heavy atom. The summed E-state index contributed by atoms with van der Waals surface area (Å²) >= 11 is 2.60. The second kappa shape index (κ2) is 29.0. The number of carbonyl (C=O) groups excluding carboxylic acids is 2. The number of benzene rings is 7. The van der Waals surface area contributed by atoms with Crippen LogP contribution in [0.5, 0.6) is 0 Å². The number of aryl methyl sites for hydroxylation is 4. The minimum Gasteiger partial charge on any atom is -0.398 e. The van der Waals surface area contributed by atoms with Gasteiger partial charge in [0.2, 0.25) is 16.8 Å². The number of anilines is 2. The highest BCUT2D eigenvalue weighted by atomic mass is 32.2. The van der Waals surface area contributed by atoms with Crippen molar-refractivity contribution in [2.24, 2.45) is 0 Å². The molecule has 7 aromatic carbocycles. The van der Waals surface area contributed by atoms with Crippen molar-refractivity contribution in [3.63, 3.8) is 0 Å². The van der Waals surface area contributed by atoms with Crippen molar-refractivity contribution in [2.45, 2.75) is 70.8 Å². The number of nitrogen functional groups attached to an aromatic ring is 1. The van der Waals surface area contributed by atoms with Gasteiger partial charge >= 0.3 is 0 Å². The van der Waals surface area contributed by atoms with Gasteiger partial charge in [-0.3, -0.25) is 39.3 Å². The smallest absolute Gasteiger partial charge is 0.275 e. The van der Waals surface area contributed by atoms with Gasteiger partial charge in [0, 0.05) is 80.9 Å². The molecule has 0 radical (unpaired) electrons. The third-order valence-electron chi connectivity index (χ3n) is 17.6. The summed E-state index contributed by atoms with van der Waals surface area (Å²) in [6.45, 7) is 14.3. The lowest BCUT2D eigenvalue weighted by atomic mass is 10.0. The molecule has 0 saturated carbocycles. The van der Waals surface area contributed by atoms with Crippen molar-refractivity contribution in [2.75, 3.05) is 37.2 Å². The molecule has 1 amide bonds. The van der Waals surface area contributed by atoms with Gasteiger partial charge in [-0.2, -0.15) is 0 Å². The van der Waals surface area contributed by atoms with Gasteiger partial charge in [-0.15, -0.1) is 41.3 Å². The highest BCUT2D eigenvalue weighted by molar-refractivity contribution is 8.15. The van der Waals surface area contributed by atoms with Gasteiger partial charge in [-0.1, -0.05) is 60.7 Å². The van der Waals surface area contributed by atoms with Crippen LogP contribution >= 0.6 is 23.1 Å². The van der Waals surface area contributed by atoms with Gasteiger partial charge in [0.15, 0.2) is 4.34 Å². The molecule has 0 saturated heterocycles. The SMILES string of the molecule is Cc1cc(N)c(-c2nnn(-c3ccc(CCN4CCc5cnccc5C4)cc3)n2)cc1C.Cc1cc(NC(=O)c2cnc3ccccc3n2)c(-c2nnn(-c3ccc(CCN4CCc5cnccc5C4)cc3)n2)cc1C.O=C(Sc1nc2ccccc2s1)c1cnc2ccccc2n1. The summed E-state index contributed by atoms with van der Waals surface area (Å²) in [5, 5.41) is 29.2. The number of fused-ring (bicyclic) bond motifs is 5. The number of nitrogens with two attached hydrogens (primary N) is 1. The third kappa shape index (κ3) is 14.9. The van der Waals surface area contributed by atoms with Crippen LogP contribution in [0.25, 0.3) is 66.4 Å². The molecule has 21 nitrogen and oxygen atoms in total. The summed E-state index contributed by atoms with van der Waals surface area (Å²) in [4.78, 5) is 64.1. The summed E-state index contributed by atoms with van der Waals surface area (Å²) < 4.78 is 1.79. The average Bonchev–Trinajstić information content (AvgIpc) is 1.49. The van der Waals surface area contributed by atoms with E-state index in [1.165, 1.54) is 61.9 Å². The van der Waals surface area contributed by atoms with Gasteiger partial charge in [0.05, 0.1) is 61.7 Å². The van der Waals surface area contributed by atoms with Crippen LogP contribution in [0.4, 0.5) is 11.4 Å². The second-order valence-electron chi connectivity index (χ2n) is 24.3. The maximum atomic E-state index is 13.2. The Morgan fingerprint density at radius 1 is 0.520 bits per heavy atom. The normalized spacial score (nSPS) is 12.9. The van der Waals surface area contributed by atoms with Crippen molar-refractivity contribution in [1.82, 2.24) is 85.1 Å². The molecule has 0 fully saturated rings. The van der Waals surface area contributed by atoms with E-state index in [4.69, 9.17) is 5.73 Å². The summed E-state index contributed by atoms with van der Waals surface area (Å²) in [5.41, 5.74) is 27.5. The number of hydrogen-bond acceptors (Lipinski definition) is 20. The molecular formula is C75H67N19O2S2. The molecule has 2 aliphatic rings.